The van der Waals surface area contributed by atoms with Crippen LogP contribution in [0.4, 0.5) is 0 Å². The summed E-state index contributed by atoms with van der Waals surface area (Å²) in [6.45, 7) is 13.0. The van der Waals surface area contributed by atoms with Crippen LogP contribution in [0.5, 0.6) is 0 Å². The lowest BCUT2D eigenvalue weighted by atomic mass is 9.35. The van der Waals surface area contributed by atoms with Gasteiger partial charge in [-0.15, -0.1) is 0 Å². The van der Waals surface area contributed by atoms with Gasteiger partial charge in [0.05, 0.1) is 12.2 Å². The molecule has 4 aliphatic rings. The Balaban J connectivity index is 1.88. The summed E-state index contributed by atoms with van der Waals surface area (Å²) in [6, 6.07) is 0. The number of carboxylic acid groups (broad SMARTS) is 1. The number of fused-ring (bicyclic) bond motifs is 5. The number of rotatable bonds is 8. The number of carbonyl (C=O) groups is 3. The van der Waals surface area contributed by atoms with Gasteiger partial charge in [-0.3, -0.25) is 4.79 Å². The maximum absolute atomic E-state index is 12.8. The van der Waals surface area contributed by atoms with Gasteiger partial charge in [-0.25, -0.2) is 9.59 Å². The van der Waals surface area contributed by atoms with Gasteiger partial charge in [-0.05, 0) is 85.0 Å². The Labute approximate surface area is 250 Å². The highest BCUT2D eigenvalue weighted by Crippen LogP contribution is 2.74. The molecule has 0 amide bonds. The third-order valence-corrected chi connectivity index (χ3v) is 12.3. The summed E-state index contributed by atoms with van der Waals surface area (Å²) >= 11 is 0. The minimum Gasteiger partial charge on any atom is -0.478 e. The van der Waals surface area contributed by atoms with Gasteiger partial charge in [0.1, 0.15) is 18.8 Å². The number of aliphatic carboxylic acids is 1. The molecule has 0 aromatic heterocycles. The molecule has 238 valence electrons. The van der Waals surface area contributed by atoms with Crippen molar-refractivity contribution in [3.8, 4) is 0 Å². The van der Waals surface area contributed by atoms with E-state index in [4.69, 9.17) is 9.47 Å². The molecule has 4 fully saturated rings. The fourth-order valence-corrected chi connectivity index (χ4v) is 10.3. The second-order valence-corrected chi connectivity index (χ2v) is 14.8. The Morgan fingerprint density at radius 2 is 1.71 bits per heavy atom. The highest BCUT2D eigenvalue weighted by atomic mass is 16.6. The number of aliphatic hydroxyl groups excluding tert-OH is 3. The molecule has 42 heavy (non-hydrogen) atoms. The minimum absolute atomic E-state index is 0.0168. The van der Waals surface area contributed by atoms with Crippen LogP contribution in [0, 0.1) is 45.8 Å². The molecule has 11 atom stereocenters. The summed E-state index contributed by atoms with van der Waals surface area (Å²) in [5.41, 5.74) is -0.937. The zero-order chi connectivity index (χ0) is 31.4. The number of esters is 2. The van der Waals surface area contributed by atoms with Crippen molar-refractivity contribution in [2.75, 3.05) is 6.61 Å². The van der Waals surface area contributed by atoms with Crippen molar-refractivity contribution in [2.45, 2.75) is 124 Å². The predicted molar refractivity (Wildman–Crippen MR) is 155 cm³/mol. The van der Waals surface area contributed by atoms with Crippen molar-refractivity contribution < 1.29 is 44.3 Å². The van der Waals surface area contributed by atoms with Gasteiger partial charge in [0.25, 0.3) is 0 Å². The maximum atomic E-state index is 12.8. The van der Waals surface area contributed by atoms with Gasteiger partial charge in [0.2, 0.25) is 0 Å². The van der Waals surface area contributed by atoms with Crippen LogP contribution in [-0.4, -0.2) is 69.4 Å². The molecule has 4 N–H and O–H groups in total. The van der Waals surface area contributed by atoms with Crippen LogP contribution in [0.3, 0.4) is 0 Å². The molecule has 0 aromatic carbocycles. The first-order valence-electron chi connectivity index (χ1n) is 15.8. The molecule has 11 unspecified atom stereocenters. The smallest absolute Gasteiger partial charge is 0.332 e. The van der Waals surface area contributed by atoms with E-state index in [0.29, 0.717) is 55.6 Å². The Morgan fingerprint density at radius 3 is 2.29 bits per heavy atom. The monoisotopic (exact) mass is 592 g/mol. The molecule has 0 aromatic rings. The Kier molecular flexibility index (Phi) is 9.29. The molecular formula is C33H52O9. The zero-order valence-electron chi connectivity index (χ0n) is 26.4. The van der Waals surface area contributed by atoms with Crippen LogP contribution in [0.25, 0.3) is 0 Å². The van der Waals surface area contributed by atoms with E-state index in [1.165, 1.54) is 6.92 Å². The van der Waals surface area contributed by atoms with Gasteiger partial charge in [-0.2, -0.15) is 0 Å². The van der Waals surface area contributed by atoms with Crippen molar-refractivity contribution in [3.63, 3.8) is 0 Å². The lowest BCUT2D eigenvalue weighted by molar-refractivity contribution is -0.288. The summed E-state index contributed by atoms with van der Waals surface area (Å²) in [7, 11) is 0. The van der Waals surface area contributed by atoms with E-state index >= 15 is 0 Å². The summed E-state index contributed by atoms with van der Waals surface area (Å²) in [4.78, 5) is 37.6. The van der Waals surface area contributed by atoms with Crippen molar-refractivity contribution in [3.05, 3.63) is 11.1 Å². The van der Waals surface area contributed by atoms with Crippen LogP contribution >= 0.6 is 0 Å². The number of carbonyl (C=O) groups excluding carboxylic acids is 2. The normalized spacial score (nSPS) is 44.1. The molecule has 0 radical (unpaired) electrons. The molecule has 4 saturated carbocycles. The first-order chi connectivity index (χ1) is 19.5. The maximum Gasteiger partial charge on any atom is 0.332 e. The fourth-order valence-electron chi connectivity index (χ4n) is 10.3. The topological polar surface area (TPSA) is 151 Å². The van der Waals surface area contributed by atoms with Gasteiger partial charge < -0.3 is 29.9 Å². The van der Waals surface area contributed by atoms with E-state index in [2.05, 4.69) is 27.7 Å². The number of ether oxygens (including phenoxy) is 2. The van der Waals surface area contributed by atoms with Crippen molar-refractivity contribution in [1.29, 1.82) is 0 Å². The molecule has 0 saturated heterocycles. The number of aliphatic hydroxyl groups is 3. The second kappa shape index (κ2) is 11.8. The van der Waals surface area contributed by atoms with Crippen LogP contribution in [-0.2, 0) is 23.9 Å². The summed E-state index contributed by atoms with van der Waals surface area (Å²) < 4.78 is 11.7. The molecular weight excluding hydrogens is 540 g/mol. The van der Waals surface area contributed by atoms with Crippen LogP contribution in [0.1, 0.15) is 99.8 Å². The quantitative estimate of drug-likeness (QED) is 0.239. The lowest BCUT2D eigenvalue weighted by Crippen LogP contribution is -2.72. The molecule has 9 nitrogen and oxygen atoms in total. The molecule has 0 spiro atoms. The first-order valence-corrected chi connectivity index (χ1v) is 15.8. The summed E-state index contributed by atoms with van der Waals surface area (Å²) in [6.07, 6.45) is 1.61. The van der Waals surface area contributed by atoms with Crippen molar-refractivity contribution >= 4 is 17.9 Å². The van der Waals surface area contributed by atoms with E-state index in [-0.39, 0.29) is 23.7 Å². The Hall–Kier alpha value is -1.97. The summed E-state index contributed by atoms with van der Waals surface area (Å²) in [5, 5.41) is 43.3. The predicted octanol–water partition coefficient (Wildman–Crippen LogP) is 4.26. The third-order valence-electron chi connectivity index (χ3n) is 12.3. The third kappa shape index (κ3) is 5.11. The standard InChI is InChI=1S/C33H52O9/c1-17(2)9-8-10-20(30(39)40)26-21-11-12-24-31(5)14-13-22(36)18(3)27(31)28(42-25(37)16-34)29(38)33(24,7)32(21,6)15-23(26)41-19(4)35/h17-18,21-24,27-29,34,36,38H,8-16H2,1-7H3,(H,39,40)/b26-20-. The van der Waals surface area contributed by atoms with Crippen molar-refractivity contribution in [2.24, 2.45) is 45.8 Å². The Bertz CT molecular complexity index is 1100. The average Bonchev–Trinajstić information content (AvgIpc) is 3.18. The highest BCUT2D eigenvalue weighted by molar-refractivity contribution is 5.88. The molecule has 0 heterocycles. The van der Waals surface area contributed by atoms with E-state index in [0.717, 1.165) is 12.8 Å². The molecule has 9 heteroatoms. The van der Waals surface area contributed by atoms with Gasteiger partial charge in [-0.1, -0.05) is 48.0 Å². The molecule has 4 rings (SSSR count). The first kappa shape index (κ1) is 32.9. The average molecular weight is 593 g/mol. The zero-order valence-corrected chi connectivity index (χ0v) is 26.4. The summed E-state index contributed by atoms with van der Waals surface area (Å²) in [5.74, 6) is -2.69. The van der Waals surface area contributed by atoms with Gasteiger partial charge in [0, 0.05) is 23.8 Å². The fraction of sp³-hybridized carbons (Fsp3) is 0.848. The number of hydrogen-bond acceptors (Lipinski definition) is 8. The molecule has 0 aliphatic heterocycles. The molecule has 4 aliphatic carbocycles. The van der Waals surface area contributed by atoms with Crippen LogP contribution < -0.4 is 0 Å². The minimum atomic E-state index is -1.14. The Morgan fingerprint density at radius 1 is 1.05 bits per heavy atom. The second-order valence-electron chi connectivity index (χ2n) is 14.8. The van der Waals surface area contributed by atoms with E-state index < -0.39 is 65.2 Å². The lowest BCUT2D eigenvalue weighted by Gasteiger charge is -2.70. The van der Waals surface area contributed by atoms with E-state index in [9.17, 15) is 34.8 Å². The van der Waals surface area contributed by atoms with Crippen LogP contribution in [0.2, 0.25) is 0 Å². The van der Waals surface area contributed by atoms with Gasteiger partial charge in [0.15, 0.2) is 0 Å². The number of hydrogen-bond donors (Lipinski definition) is 4. The largest absolute Gasteiger partial charge is 0.478 e. The van der Waals surface area contributed by atoms with E-state index in [1.54, 1.807) is 0 Å². The van der Waals surface area contributed by atoms with Crippen molar-refractivity contribution in [1.82, 2.24) is 0 Å². The van der Waals surface area contributed by atoms with Crippen LogP contribution in [0.15, 0.2) is 11.1 Å². The molecule has 0 bridgehead atoms. The van der Waals surface area contributed by atoms with E-state index in [1.807, 2.05) is 13.8 Å². The number of carboxylic acids is 1. The van der Waals surface area contributed by atoms with Gasteiger partial charge >= 0.3 is 17.9 Å². The SMILES string of the molecule is CC(=O)OC1CC2(C)C(CCC3C4(C)CCC(O)C(C)C4C(OC(=O)CO)C(O)C32C)/C1=C(\CCCC(C)C)C(=O)O. The highest BCUT2D eigenvalue weighted by Gasteiger charge is 2.74.